The molecule has 1 aliphatic rings. The van der Waals surface area contributed by atoms with E-state index in [1.807, 2.05) is 0 Å². The van der Waals surface area contributed by atoms with Gasteiger partial charge in [-0.15, -0.1) is 0 Å². The summed E-state index contributed by atoms with van der Waals surface area (Å²) in [6, 6.07) is 10.5. The van der Waals surface area contributed by atoms with Gasteiger partial charge < -0.3 is 21.5 Å². The van der Waals surface area contributed by atoms with Gasteiger partial charge in [0.25, 0.3) is 5.91 Å². The molecule has 200 valence electrons. The number of nitrogens with two attached hydrogens (primary N) is 2. The highest BCUT2D eigenvalue weighted by atomic mass is 19.4. The number of hydrogen-bond acceptors (Lipinski definition) is 7. The van der Waals surface area contributed by atoms with E-state index < -0.39 is 29.6 Å². The fraction of sp³-hybridized carbons (Fsp3) is 0.308. The standard InChI is InChI=1S/C26H27F3N6O3/c1-15(23(30)36)32-22-13-20(24(31)37)33-25(34-22)16-4-7-19(8-5-16)38-21-9-6-18(26(27,28)29)12-17(21)14-35-10-2-3-11-35/h4-9,12-13,15H,2-3,10-11,14H2,1H3,(H2,30,36)(H2,31,37)(H,32,33,34). The van der Waals surface area contributed by atoms with E-state index in [1.165, 1.54) is 12.1 Å². The fourth-order valence-corrected chi connectivity index (χ4v) is 4.03. The maximum absolute atomic E-state index is 13.3. The van der Waals surface area contributed by atoms with Crippen molar-refractivity contribution in [2.24, 2.45) is 11.5 Å². The quantitative estimate of drug-likeness (QED) is 0.383. The Labute approximate surface area is 217 Å². The predicted molar refractivity (Wildman–Crippen MR) is 134 cm³/mol. The van der Waals surface area contributed by atoms with Crippen LogP contribution >= 0.6 is 0 Å². The van der Waals surface area contributed by atoms with Crippen LogP contribution in [0.5, 0.6) is 11.5 Å². The first-order chi connectivity index (χ1) is 18.0. The first-order valence-electron chi connectivity index (χ1n) is 11.9. The second-order valence-electron chi connectivity index (χ2n) is 9.02. The van der Waals surface area contributed by atoms with Crippen molar-refractivity contribution < 1.29 is 27.5 Å². The second kappa shape index (κ2) is 11.1. The number of carbonyl (C=O) groups is 2. The lowest BCUT2D eigenvalue weighted by atomic mass is 10.1. The van der Waals surface area contributed by atoms with Crippen molar-refractivity contribution >= 4 is 17.6 Å². The first kappa shape index (κ1) is 26.9. The van der Waals surface area contributed by atoms with Crippen molar-refractivity contribution in [2.75, 3.05) is 18.4 Å². The van der Waals surface area contributed by atoms with Gasteiger partial charge in [0.2, 0.25) is 5.91 Å². The topological polar surface area (TPSA) is 136 Å². The summed E-state index contributed by atoms with van der Waals surface area (Å²) in [6.45, 7) is 3.54. The van der Waals surface area contributed by atoms with E-state index in [1.54, 1.807) is 31.2 Å². The van der Waals surface area contributed by atoms with Crippen molar-refractivity contribution in [3.05, 3.63) is 65.4 Å². The number of ether oxygens (including phenoxy) is 1. The third-order valence-electron chi connectivity index (χ3n) is 6.09. The van der Waals surface area contributed by atoms with E-state index in [2.05, 4.69) is 20.2 Å². The lowest BCUT2D eigenvalue weighted by Gasteiger charge is -2.19. The minimum absolute atomic E-state index is 0.0641. The first-order valence-corrected chi connectivity index (χ1v) is 11.9. The van der Waals surface area contributed by atoms with Crippen LogP contribution in [-0.4, -0.2) is 45.8 Å². The van der Waals surface area contributed by atoms with E-state index in [0.717, 1.165) is 38.1 Å². The van der Waals surface area contributed by atoms with E-state index in [0.29, 0.717) is 29.2 Å². The lowest BCUT2D eigenvalue weighted by Crippen LogP contribution is -2.33. The number of primary amides is 2. The van der Waals surface area contributed by atoms with Crippen LogP contribution in [0.2, 0.25) is 0 Å². The summed E-state index contributed by atoms with van der Waals surface area (Å²) >= 11 is 0. The normalized spacial score (nSPS) is 14.7. The maximum Gasteiger partial charge on any atom is 0.416 e. The van der Waals surface area contributed by atoms with E-state index in [-0.39, 0.29) is 17.3 Å². The number of anilines is 1. The fourth-order valence-electron chi connectivity index (χ4n) is 4.03. The highest BCUT2D eigenvalue weighted by Gasteiger charge is 2.31. The van der Waals surface area contributed by atoms with Gasteiger partial charge in [-0.2, -0.15) is 13.2 Å². The highest BCUT2D eigenvalue weighted by molar-refractivity contribution is 5.92. The summed E-state index contributed by atoms with van der Waals surface area (Å²) in [5.41, 5.74) is 10.9. The van der Waals surface area contributed by atoms with Crippen LogP contribution < -0.4 is 21.5 Å². The Balaban J connectivity index is 1.59. The average Bonchev–Trinajstić information content (AvgIpc) is 3.37. The molecule has 1 fully saturated rings. The molecule has 3 aromatic rings. The Morgan fingerprint density at radius 3 is 2.34 bits per heavy atom. The molecule has 1 atom stereocenters. The summed E-state index contributed by atoms with van der Waals surface area (Å²) in [5.74, 6) is -0.321. The number of likely N-dealkylation sites (tertiary alicyclic amines) is 1. The summed E-state index contributed by atoms with van der Waals surface area (Å²) < 4.78 is 46.0. The minimum atomic E-state index is -4.46. The molecule has 0 bridgehead atoms. The van der Waals surface area contributed by atoms with Crippen molar-refractivity contribution in [1.82, 2.24) is 14.9 Å². The van der Waals surface area contributed by atoms with E-state index in [4.69, 9.17) is 16.2 Å². The molecule has 4 rings (SSSR count). The third kappa shape index (κ3) is 6.57. The molecule has 1 unspecified atom stereocenters. The zero-order valence-electron chi connectivity index (χ0n) is 20.6. The Hall–Kier alpha value is -4.19. The monoisotopic (exact) mass is 528 g/mol. The zero-order chi connectivity index (χ0) is 27.4. The van der Waals surface area contributed by atoms with Crippen LogP contribution in [0.25, 0.3) is 11.4 Å². The van der Waals surface area contributed by atoms with Gasteiger partial charge in [0.15, 0.2) is 5.82 Å². The molecule has 1 saturated heterocycles. The molecule has 2 aromatic carbocycles. The Kier molecular flexibility index (Phi) is 7.81. The van der Waals surface area contributed by atoms with Gasteiger partial charge >= 0.3 is 6.18 Å². The molecule has 2 heterocycles. The number of nitrogens with zero attached hydrogens (tertiary/aromatic N) is 3. The molecule has 0 spiro atoms. The number of aromatic nitrogens is 2. The van der Waals surface area contributed by atoms with Crippen LogP contribution in [0, 0.1) is 0 Å². The molecule has 9 nitrogen and oxygen atoms in total. The van der Waals surface area contributed by atoms with Crippen molar-refractivity contribution in [3.63, 3.8) is 0 Å². The lowest BCUT2D eigenvalue weighted by molar-refractivity contribution is -0.137. The second-order valence-corrected chi connectivity index (χ2v) is 9.02. The van der Waals surface area contributed by atoms with Gasteiger partial charge in [0, 0.05) is 23.7 Å². The molecule has 5 N–H and O–H groups in total. The predicted octanol–water partition coefficient (Wildman–Crippen LogP) is 3.94. The molecule has 38 heavy (non-hydrogen) atoms. The van der Waals surface area contributed by atoms with Gasteiger partial charge in [-0.3, -0.25) is 14.5 Å². The van der Waals surface area contributed by atoms with Gasteiger partial charge in [-0.25, -0.2) is 9.97 Å². The van der Waals surface area contributed by atoms with Gasteiger partial charge in [-0.05, 0) is 75.3 Å². The Bertz CT molecular complexity index is 1320. The van der Waals surface area contributed by atoms with Crippen LogP contribution in [0.1, 0.15) is 41.4 Å². The van der Waals surface area contributed by atoms with Crippen LogP contribution in [0.3, 0.4) is 0 Å². The van der Waals surface area contributed by atoms with E-state index in [9.17, 15) is 22.8 Å². The summed E-state index contributed by atoms with van der Waals surface area (Å²) in [7, 11) is 0. The third-order valence-corrected chi connectivity index (χ3v) is 6.09. The number of benzene rings is 2. The van der Waals surface area contributed by atoms with Crippen LogP contribution in [0.15, 0.2) is 48.5 Å². The number of hydrogen-bond donors (Lipinski definition) is 3. The maximum atomic E-state index is 13.3. The Morgan fingerprint density at radius 1 is 1.05 bits per heavy atom. The smallest absolute Gasteiger partial charge is 0.416 e. The number of alkyl halides is 3. The number of rotatable bonds is 9. The number of amides is 2. The molecule has 1 aliphatic heterocycles. The van der Waals surface area contributed by atoms with Crippen LogP contribution in [0.4, 0.5) is 19.0 Å². The molecule has 12 heteroatoms. The molecule has 0 aliphatic carbocycles. The molecule has 1 aromatic heterocycles. The highest BCUT2D eigenvalue weighted by Crippen LogP contribution is 2.35. The molecule has 2 amide bonds. The van der Waals surface area contributed by atoms with Gasteiger partial charge in [-0.1, -0.05) is 0 Å². The largest absolute Gasteiger partial charge is 0.457 e. The van der Waals surface area contributed by atoms with Crippen molar-refractivity contribution in [3.8, 4) is 22.9 Å². The molecule has 0 radical (unpaired) electrons. The van der Waals surface area contributed by atoms with E-state index >= 15 is 0 Å². The number of carbonyl (C=O) groups excluding carboxylic acids is 2. The average molecular weight is 529 g/mol. The molecular formula is C26H27F3N6O3. The summed E-state index contributed by atoms with van der Waals surface area (Å²) in [4.78, 5) is 33.8. The summed E-state index contributed by atoms with van der Waals surface area (Å²) in [6.07, 6.45) is -2.44. The van der Waals surface area contributed by atoms with Gasteiger partial charge in [0.05, 0.1) is 5.56 Å². The number of nitrogens with one attached hydrogen (secondary N) is 1. The molecular weight excluding hydrogens is 501 g/mol. The van der Waals surface area contributed by atoms with Gasteiger partial charge in [0.1, 0.15) is 29.1 Å². The summed E-state index contributed by atoms with van der Waals surface area (Å²) in [5, 5.41) is 2.80. The molecule has 0 saturated carbocycles. The minimum Gasteiger partial charge on any atom is -0.457 e. The van der Waals surface area contributed by atoms with Crippen LogP contribution in [-0.2, 0) is 17.5 Å². The number of halogens is 3. The zero-order valence-corrected chi connectivity index (χ0v) is 20.6. The Morgan fingerprint density at radius 2 is 1.74 bits per heavy atom. The van der Waals surface area contributed by atoms with Crippen molar-refractivity contribution in [2.45, 2.75) is 38.5 Å². The SMILES string of the molecule is CC(Nc1cc(C(N)=O)nc(-c2ccc(Oc3ccc(C(F)(F)F)cc3CN3CCCC3)cc2)n1)C(N)=O. The van der Waals surface area contributed by atoms with Crippen molar-refractivity contribution in [1.29, 1.82) is 0 Å².